The minimum Gasteiger partial charge on any atom is -0.381 e. The summed E-state index contributed by atoms with van der Waals surface area (Å²) in [6, 6.07) is 10.9. The van der Waals surface area contributed by atoms with Crippen molar-refractivity contribution in [1.29, 1.82) is 0 Å². The minimum absolute atomic E-state index is 0. The molecule has 0 aliphatic carbocycles. The predicted octanol–water partition coefficient (Wildman–Crippen LogP) is 4.84. The Hall–Kier alpha value is -1.23. The van der Waals surface area contributed by atoms with Crippen molar-refractivity contribution >= 4 is 41.3 Å². The van der Waals surface area contributed by atoms with E-state index >= 15 is 0 Å². The highest BCUT2D eigenvalue weighted by molar-refractivity contribution is 14.0. The van der Waals surface area contributed by atoms with E-state index in [4.69, 9.17) is 14.7 Å². The second-order valence-electron chi connectivity index (χ2n) is 8.54. The molecule has 1 aromatic heterocycles. The van der Waals surface area contributed by atoms with Crippen molar-refractivity contribution < 1.29 is 4.74 Å². The highest BCUT2D eigenvalue weighted by Gasteiger charge is 2.34. The van der Waals surface area contributed by atoms with Gasteiger partial charge in [0.25, 0.3) is 0 Å². The van der Waals surface area contributed by atoms with Crippen molar-refractivity contribution in [2.45, 2.75) is 64.6 Å². The molecule has 0 spiro atoms. The Bertz CT molecular complexity index is 821. The first-order valence-electron chi connectivity index (χ1n) is 11.4. The van der Waals surface area contributed by atoms with Crippen molar-refractivity contribution in [3.63, 3.8) is 0 Å². The molecule has 1 unspecified atom stereocenters. The smallest absolute Gasteiger partial charge is 0.191 e. The summed E-state index contributed by atoms with van der Waals surface area (Å²) >= 11 is 1.69. The maximum Gasteiger partial charge on any atom is 0.191 e. The number of rotatable bonds is 9. The van der Waals surface area contributed by atoms with E-state index in [9.17, 15) is 0 Å². The van der Waals surface area contributed by atoms with Gasteiger partial charge in [-0.25, -0.2) is 9.98 Å². The molecule has 3 N–H and O–H groups in total. The zero-order valence-electron chi connectivity index (χ0n) is 19.7. The average Bonchev–Trinajstić information content (AvgIpc) is 3.26. The summed E-state index contributed by atoms with van der Waals surface area (Å²) < 4.78 is 5.67. The van der Waals surface area contributed by atoms with Gasteiger partial charge in [0.15, 0.2) is 5.96 Å². The third-order valence-corrected chi connectivity index (χ3v) is 6.60. The molecule has 2 aromatic rings. The number of aromatic nitrogens is 1. The number of guanidine groups is 1. The summed E-state index contributed by atoms with van der Waals surface area (Å²) in [5.74, 6) is 1.29. The Balaban J connectivity index is 0.00000363. The third-order valence-electron chi connectivity index (χ3n) is 5.74. The van der Waals surface area contributed by atoms with Gasteiger partial charge in [-0.3, -0.25) is 0 Å². The van der Waals surface area contributed by atoms with Gasteiger partial charge >= 0.3 is 0 Å². The van der Waals surface area contributed by atoms with Gasteiger partial charge in [0, 0.05) is 43.3 Å². The predicted molar refractivity (Wildman–Crippen MR) is 145 cm³/mol. The lowest BCUT2D eigenvalue weighted by Crippen LogP contribution is -2.58. The molecule has 0 radical (unpaired) electrons. The number of halogens is 1. The van der Waals surface area contributed by atoms with Crippen LogP contribution in [0.15, 0.2) is 40.7 Å². The molecular formula is C24H38IN5OS. The van der Waals surface area contributed by atoms with Crippen molar-refractivity contribution in [3.05, 3.63) is 52.0 Å². The summed E-state index contributed by atoms with van der Waals surface area (Å²) in [5.41, 5.74) is 2.42. The lowest BCUT2D eigenvalue weighted by Gasteiger charge is -2.41. The van der Waals surface area contributed by atoms with Gasteiger partial charge in [-0.1, -0.05) is 44.2 Å². The molecule has 0 bridgehead atoms. The number of nitrogens with one attached hydrogen (secondary N) is 3. The van der Waals surface area contributed by atoms with Crippen LogP contribution in [-0.2, 0) is 11.3 Å². The maximum atomic E-state index is 5.67. The SMILES string of the molecule is CCNC(=NCc1nc(C(C)C)cs1)NCC1(NC(C)c2ccccc2)CCOCC1.I. The summed E-state index contributed by atoms with van der Waals surface area (Å²) in [5, 5.41) is 14.1. The highest BCUT2D eigenvalue weighted by atomic mass is 127. The standard InChI is InChI=1S/C24H37N5OS.HI/c1-5-25-23(26-15-22-28-21(16-31-22)18(2)3)27-17-24(11-13-30-14-12-24)29-19(4)20-9-7-6-8-10-20;/h6-10,16,18-19,29H,5,11-15,17H2,1-4H3,(H2,25,26,27);1H. The number of nitrogens with zero attached hydrogens (tertiary/aromatic N) is 2. The quantitative estimate of drug-likeness (QED) is 0.228. The molecule has 3 rings (SSSR count). The van der Waals surface area contributed by atoms with Crippen LogP contribution >= 0.6 is 35.3 Å². The molecule has 1 fully saturated rings. The number of aliphatic imine (C=N–C) groups is 1. The van der Waals surface area contributed by atoms with Crippen LogP contribution in [0, 0.1) is 0 Å². The van der Waals surface area contributed by atoms with Crippen molar-refractivity contribution in [2.75, 3.05) is 26.3 Å². The van der Waals surface area contributed by atoms with Gasteiger partial charge in [-0.2, -0.15) is 0 Å². The Morgan fingerprint density at radius 1 is 1.16 bits per heavy atom. The number of thiazole rings is 1. The molecule has 1 saturated heterocycles. The fourth-order valence-electron chi connectivity index (χ4n) is 3.82. The molecular weight excluding hydrogens is 533 g/mol. The van der Waals surface area contributed by atoms with Crippen LogP contribution < -0.4 is 16.0 Å². The summed E-state index contributed by atoms with van der Waals surface area (Å²) in [6.07, 6.45) is 1.95. The van der Waals surface area contributed by atoms with Crippen LogP contribution in [0.5, 0.6) is 0 Å². The van der Waals surface area contributed by atoms with Crippen molar-refractivity contribution in [3.8, 4) is 0 Å². The molecule has 1 aliphatic heterocycles. The van der Waals surface area contributed by atoms with Gasteiger partial charge in [-0.15, -0.1) is 35.3 Å². The van der Waals surface area contributed by atoms with Crippen LogP contribution in [0.3, 0.4) is 0 Å². The first kappa shape index (κ1) is 27.0. The van der Waals surface area contributed by atoms with Gasteiger partial charge in [0.2, 0.25) is 0 Å². The monoisotopic (exact) mass is 571 g/mol. The highest BCUT2D eigenvalue weighted by Crippen LogP contribution is 2.25. The van der Waals surface area contributed by atoms with E-state index in [2.05, 4.69) is 79.4 Å². The molecule has 6 nitrogen and oxygen atoms in total. The lowest BCUT2D eigenvalue weighted by molar-refractivity contribution is 0.0355. The third kappa shape index (κ3) is 7.97. The molecule has 1 atom stereocenters. The van der Waals surface area contributed by atoms with E-state index in [0.29, 0.717) is 12.5 Å². The Kier molecular flexibility index (Phi) is 11.4. The lowest BCUT2D eigenvalue weighted by atomic mass is 9.88. The van der Waals surface area contributed by atoms with Crippen LogP contribution in [0.2, 0.25) is 0 Å². The van der Waals surface area contributed by atoms with Crippen molar-refractivity contribution in [1.82, 2.24) is 20.9 Å². The van der Waals surface area contributed by atoms with E-state index in [1.165, 1.54) is 5.56 Å². The maximum absolute atomic E-state index is 5.67. The number of ether oxygens (including phenoxy) is 1. The molecule has 0 amide bonds. The first-order chi connectivity index (χ1) is 15.0. The largest absolute Gasteiger partial charge is 0.381 e. The molecule has 178 valence electrons. The van der Waals surface area contributed by atoms with Crippen LogP contribution in [0.1, 0.15) is 68.8 Å². The summed E-state index contributed by atoms with van der Waals surface area (Å²) in [6.45, 7) is 12.4. The van der Waals surface area contributed by atoms with Gasteiger partial charge in [-0.05, 0) is 38.2 Å². The molecule has 1 aromatic carbocycles. The van der Waals surface area contributed by atoms with E-state index < -0.39 is 0 Å². The second-order valence-corrected chi connectivity index (χ2v) is 9.48. The van der Waals surface area contributed by atoms with E-state index in [1.54, 1.807) is 11.3 Å². The first-order valence-corrected chi connectivity index (χ1v) is 12.3. The molecule has 32 heavy (non-hydrogen) atoms. The Labute approximate surface area is 214 Å². The summed E-state index contributed by atoms with van der Waals surface area (Å²) in [4.78, 5) is 9.50. The average molecular weight is 572 g/mol. The molecule has 1 aliphatic rings. The van der Waals surface area contributed by atoms with Crippen molar-refractivity contribution in [2.24, 2.45) is 4.99 Å². The van der Waals surface area contributed by atoms with E-state index in [0.717, 1.165) is 55.8 Å². The molecule has 0 saturated carbocycles. The summed E-state index contributed by atoms with van der Waals surface area (Å²) in [7, 11) is 0. The Morgan fingerprint density at radius 3 is 2.50 bits per heavy atom. The number of hydrogen-bond donors (Lipinski definition) is 3. The minimum atomic E-state index is -0.0320. The van der Waals surface area contributed by atoms with Crippen LogP contribution in [-0.4, -0.2) is 42.8 Å². The topological polar surface area (TPSA) is 70.6 Å². The fraction of sp³-hybridized carbons (Fsp3) is 0.583. The zero-order chi connectivity index (χ0) is 22.1. The fourth-order valence-corrected chi connectivity index (χ4v) is 4.70. The Morgan fingerprint density at radius 2 is 1.88 bits per heavy atom. The van der Waals surface area contributed by atoms with E-state index in [1.807, 2.05) is 0 Å². The molecule has 2 heterocycles. The second kappa shape index (κ2) is 13.5. The van der Waals surface area contributed by atoms with Crippen LogP contribution in [0.25, 0.3) is 0 Å². The van der Waals surface area contributed by atoms with E-state index in [-0.39, 0.29) is 35.6 Å². The zero-order valence-corrected chi connectivity index (χ0v) is 22.8. The number of benzene rings is 1. The molecule has 8 heteroatoms. The number of hydrogen-bond acceptors (Lipinski definition) is 5. The van der Waals surface area contributed by atoms with Crippen LogP contribution in [0.4, 0.5) is 0 Å². The van der Waals surface area contributed by atoms with Gasteiger partial charge in [0.1, 0.15) is 5.01 Å². The normalized spacial score (nSPS) is 17.0. The van der Waals surface area contributed by atoms with Gasteiger partial charge < -0.3 is 20.7 Å². The van der Waals surface area contributed by atoms with Gasteiger partial charge in [0.05, 0.1) is 12.2 Å².